The highest BCUT2D eigenvalue weighted by Crippen LogP contribution is 2.29. The number of fused-ring (bicyclic) bond motifs is 1. The van der Waals surface area contributed by atoms with Crippen molar-refractivity contribution in [1.82, 2.24) is 9.55 Å². The molecule has 1 aromatic heterocycles. The highest BCUT2D eigenvalue weighted by atomic mass is 16.5. The second-order valence-electron chi connectivity index (χ2n) is 5.18. The summed E-state index contributed by atoms with van der Waals surface area (Å²) in [6.07, 6.45) is 0. The van der Waals surface area contributed by atoms with Crippen LogP contribution in [0.5, 0.6) is 17.2 Å². The van der Waals surface area contributed by atoms with Crippen molar-refractivity contribution >= 4 is 11.0 Å². The zero-order valence-electron chi connectivity index (χ0n) is 12.8. The largest absolute Gasteiger partial charge is 0.497 e. The lowest BCUT2D eigenvalue weighted by atomic mass is 10.2. The molecule has 3 aromatic rings. The zero-order valence-corrected chi connectivity index (χ0v) is 12.8. The summed E-state index contributed by atoms with van der Waals surface area (Å²) in [5.74, 6) is 2.83. The molecule has 3 rings (SSSR count). The van der Waals surface area contributed by atoms with Crippen molar-refractivity contribution in [2.24, 2.45) is 7.05 Å². The number of benzene rings is 2. The summed E-state index contributed by atoms with van der Waals surface area (Å²) < 4.78 is 13.0. The highest BCUT2D eigenvalue weighted by Gasteiger charge is 2.09. The Labute approximate surface area is 128 Å². The number of aryl methyl sites for hydroxylation is 2. The Bertz CT molecular complexity index is 824. The van der Waals surface area contributed by atoms with E-state index in [-0.39, 0.29) is 6.61 Å². The monoisotopic (exact) mass is 298 g/mol. The van der Waals surface area contributed by atoms with Gasteiger partial charge in [-0.05, 0) is 36.8 Å². The third-order valence-electron chi connectivity index (χ3n) is 3.58. The van der Waals surface area contributed by atoms with E-state index in [0.29, 0.717) is 11.6 Å². The predicted octanol–water partition coefficient (Wildman–Crippen LogP) is 3.17. The van der Waals surface area contributed by atoms with E-state index in [1.807, 2.05) is 54.9 Å². The summed E-state index contributed by atoms with van der Waals surface area (Å²) in [5, 5.41) is 9.28. The van der Waals surface area contributed by atoms with Crippen LogP contribution in [-0.4, -0.2) is 21.8 Å². The minimum absolute atomic E-state index is 0.0869. The quantitative estimate of drug-likeness (QED) is 0.803. The zero-order chi connectivity index (χ0) is 15.7. The summed E-state index contributed by atoms with van der Waals surface area (Å²) in [5.41, 5.74) is 2.82. The lowest BCUT2D eigenvalue weighted by molar-refractivity contribution is 0.268. The number of imidazole rings is 1. The van der Waals surface area contributed by atoms with Crippen molar-refractivity contribution in [1.29, 1.82) is 0 Å². The van der Waals surface area contributed by atoms with Crippen LogP contribution in [0.3, 0.4) is 0 Å². The highest BCUT2D eigenvalue weighted by molar-refractivity contribution is 5.77. The Kier molecular flexibility index (Phi) is 3.73. The Morgan fingerprint density at radius 3 is 2.59 bits per heavy atom. The normalized spacial score (nSPS) is 10.9. The van der Waals surface area contributed by atoms with Gasteiger partial charge < -0.3 is 19.1 Å². The molecular weight excluding hydrogens is 280 g/mol. The van der Waals surface area contributed by atoms with E-state index in [0.717, 1.165) is 28.1 Å². The van der Waals surface area contributed by atoms with Gasteiger partial charge in [-0.1, -0.05) is 0 Å². The van der Waals surface area contributed by atoms with Crippen molar-refractivity contribution in [2.75, 3.05) is 7.11 Å². The molecule has 0 aliphatic carbocycles. The van der Waals surface area contributed by atoms with E-state index >= 15 is 0 Å². The Balaban J connectivity index is 1.97. The van der Waals surface area contributed by atoms with Gasteiger partial charge in [-0.3, -0.25) is 0 Å². The molecule has 114 valence electrons. The Hall–Kier alpha value is -2.53. The average molecular weight is 298 g/mol. The van der Waals surface area contributed by atoms with Gasteiger partial charge in [0, 0.05) is 19.2 Å². The summed E-state index contributed by atoms with van der Waals surface area (Å²) >= 11 is 0. The molecule has 0 unspecified atom stereocenters. The van der Waals surface area contributed by atoms with E-state index in [4.69, 9.17) is 9.47 Å². The van der Waals surface area contributed by atoms with Gasteiger partial charge in [-0.2, -0.15) is 0 Å². The van der Waals surface area contributed by atoms with Gasteiger partial charge in [-0.15, -0.1) is 0 Å². The van der Waals surface area contributed by atoms with Crippen molar-refractivity contribution in [3.63, 3.8) is 0 Å². The van der Waals surface area contributed by atoms with E-state index in [1.54, 1.807) is 7.11 Å². The van der Waals surface area contributed by atoms with Gasteiger partial charge in [0.05, 0.1) is 18.1 Å². The maximum atomic E-state index is 9.28. The third-order valence-corrected chi connectivity index (χ3v) is 3.58. The summed E-state index contributed by atoms with van der Waals surface area (Å²) in [6.45, 7) is 1.91. The summed E-state index contributed by atoms with van der Waals surface area (Å²) in [7, 11) is 3.51. The fraction of sp³-hybridized carbons (Fsp3) is 0.235. The molecule has 0 fully saturated rings. The molecule has 5 heteroatoms. The molecular formula is C17H18N2O3. The first kappa shape index (κ1) is 14.4. The fourth-order valence-electron chi connectivity index (χ4n) is 2.45. The van der Waals surface area contributed by atoms with Gasteiger partial charge in [0.15, 0.2) is 0 Å². The topological polar surface area (TPSA) is 56.5 Å². The van der Waals surface area contributed by atoms with E-state index in [2.05, 4.69) is 4.98 Å². The van der Waals surface area contributed by atoms with Gasteiger partial charge in [0.1, 0.15) is 29.7 Å². The second-order valence-corrected chi connectivity index (χ2v) is 5.18. The van der Waals surface area contributed by atoms with Crippen LogP contribution < -0.4 is 9.47 Å². The van der Waals surface area contributed by atoms with Crippen LogP contribution in [0.15, 0.2) is 36.4 Å². The molecule has 0 saturated carbocycles. The molecule has 1 heterocycles. The van der Waals surface area contributed by atoms with E-state index in [1.165, 1.54) is 0 Å². The van der Waals surface area contributed by atoms with Crippen LogP contribution >= 0.6 is 0 Å². The Morgan fingerprint density at radius 1 is 1.09 bits per heavy atom. The number of aliphatic hydroxyl groups excluding tert-OH is 1. The molecule has 5 nitrogen and oxygen atoms in total. The lowest BCUT2D eigenvalue weighted by Gasteiger charge is -2.09. The van der Waals surface area contributed by atoms with Gasteiger partial charge >= 0.3 is 0 Å². The standard InChI is InChI=1S/C17H18N2O3/c1-11-6-13(21-3)8-14(7-11)22-12-4-5-15-16(9-12)19(2)17(10-20)18-15/h4-9,20H,10H2,1-3H3. The van der Waals surface area contributed by atoms with Crippen LogP contribution in [0.2, 0.25) is 0 Å². The first-order chi connectivity index (χ1) is 10.6. The number of ether oxygens (including phenoxy) is 2. The second kappa shape index (κ2) is 5.69. The molecule has 0 radical (unpaired) electrons. The minimum atomic E-state index is -0.0869. The fourth-order valence-corrected chi connectivity index (χ4v) is 2.45. The van der Waals surface area contributed by atoms with E-state index in [9.17, 15) is 5.11 Å². The van der Waals surface area contributed by atoms with Crippen molar-refractivity contribution in [2.45, 2.75) is 13.5 Å². The molecule has 0 amide bonds. The first-order valence-corrected chi connectivity index (χ1v) is 7.00. The van der Waals surface area contributed by atoms with Crippen LogP contribution in [-0.2, 0) is 13.7 Å². The molecule has 0 atom stereocenters. The third kappa shape index (κ3) is 2.63. The first-order valence-electron chi connectivity index (χ1n) is 7.00. The van der Waals surface area contributed by atoms with Crippen molar-refractivity contribution < 1.29 is 14.6 Å². The van der Waals surface area contributed by atoms with Crippen LogP contribution in [0.25, 0.3) is 11.0 Å². The maximum Gasteiger partial charge on any atom is 0.135 e. The van der Waals surface area contributed by atoms with Gasteiger partial charge in [0.25, 0.3) is 0 Å². The number of hydrogen-bond donors (Lipinski definition) is 1. The summed E-state index contributed by atoms with van der Waals surface area (Å²) in [4.78, 5) is 4.36. The number of aromatic nitrogens is 2. The predicted molar refractivity (Wildman–Crippen MR) is 84.4 cm³/mol. The minimum Gasteiger partial charge on any atom is -0.497 e. The number of hydrogen-bond acceptors (Lipinski definition) is 4. The molecule has 0 saturated heterocycles. The molecule has 22 heavy (non-hydrogen) atoms. The average Bonchev–Trinajstić information content (AvgIpc) is 2.83. The van der Waals surface area contributed by atoms with E-state index < -0.39 is 0 Å². The Morgan fingerprint density at radius 2 is 1.86 bits per heavy atom. The molecule has 0 spiro atoms. The number of rotatable bonds is 4. The SMILES string of the molecule is COc1cc(C)cc(Oc2ccc3nc(CO)n(C)c3c2)c1. The number of nitrogens with zero attached hydrogens (tertiary/aromatic N) is 2. The van der Waals surface area contributed by atoms with Crippen LogP contribution in [0.4, 0.5) is 0 Å². The van der Waals surface area contributed by atoms with Gasteiger partial charge in [-0.25, -0.2) is 4.98 Å². The summed E-state index contributed by atoms with van der Waals surface area (Å²) in [6, 6.07) is 11.4. The van der Waals surface area contributed by atoms with Crippen LogP contribution in [0, 0.1) is 6.92 Å². The molecule has 2 aromatic carbocycles. The molecule has 0 aliphatic heterocycles. The maximum absolute atomic E-state index is 9.28. The smallest absolute Gasteiger partial charge is 0.135 e. The molecule has 0 aliphatic rings. The van der Waals surface area contributed by atoms with Crippen molar-refractivity contribution in [3.8, 4) is 17.2 Å². The van der Waals surface area contributed by atoms with Crippen molar-refractivity contribution in [3.05, 3.63) is 47.8 Å². The van der Waals surface area contributed by atoms with Crippen LogP contribution in [0.1, 0.15) is 11.4 Å². The molecule has 1 N–H and O–H groups in total. The number of methoxy groups -OCH3 is 1. The molecule has 0 bridgehead atoms. The van der Waals surface area contributed by atoms with Gasteiger partial charge in [0.2, 0.25) is 0 Å². The lowest BCUT2D eigenvalue weighted by Crippen LogP contribution is -1.96. The number of aliphatic hydroxyl groups is 1.